The fourth-order valence-corrected chi connectivity index (χ4v) is 3.71. The first-order valence-electron chi connectivity index (χ1n) is 10.2. The summed E-state index contributed by atoms with van der Waals surface area (Å²) in [4.78, 5) is 25.2. The molecule has 0 saturated heterocycles. The summed E-state index contributed by atoms with van der Waals surface area (Å²) < 4.78 is 5.23. The molecule has 0 bridgehead atoms. The summed E-state index contributed by atoms with van der Waals surface area (Å²) in [5.41, 5.74) is 3.52. The zero-order valence-electron chi connectivity index (χ0n) is 17.9. The van der Waals surface area contributed by atoms with Crippen molar-refractivity contribution in [2.45, 2.75) is 33.2 Å². The summed E-state index contributed by atoms with van der Waals surface area (Å²) >= 11 is 5.99. The lowest BCUT2D eigenvalue weighted by atomic mass is 9.97. The van der Waals surface area contributed by atoms with Gasteiger partial charge in [0, 0.05) is 11.6 Å². The second kappa shape index (κ2) is 10.3. The third-order valence-electron chi connectivity index (χ3n) is 5.28. The fraction of sp³-hybridized carbons (Fsp3) is 0.348. The van der Waals surface area contributed by atoms with E-state index in [1.165, 1.54) is 7.11 Å². The fourth-order valence-electron chi connectivity index (χ4n) is 3.54. The Labute approximate surface area is 187 Å². The van der Waals surface area contributed by atoms with E-state index in [0.29, 0.717) is 42.4 Å². The molecule has 0 aliphatic carbocycles. The Morgan fingerprint density at radius 3 is 2.74 bits per heavy atom. The van der Waals surface area contributed by atoms with Crippen LogP contribution in [-0.2, 0) is 11.3 Å². The van der Waals surface area contributed by atoms with Crippen LogP contribution in [-0.4, -0.2) is 36.3 Å². The molecule has 3 amide bonds. The first-order chi connectivity index (χ1) is 14.9. The largest absolute Gasteiger partial charge is 0.495 e. The number of hydrogen-bond donors (Lipinski definition) is 2. The number of nitrogens with one attached hydrogen (secondary N) is 2. The summed E-state index contributed by atoms with van der Waals surface area (Å²) in [6, 6.07) is 12.6. The van der Waals surface area contributed by atoms with Gasteiger partial charge < -0.3 is 15.4 Å². The number of nitrogens with zero attached hydrogens (tertiary/aromatic N) is 2. The van der Waals surface area contributed by atoms with E-state index in [0.717, 1.165) is 16.8 Å². The second-order valence-corrected chi connectivity index (χ2v) is 7.77. The SMILES string of the molecule is CCC1=NN(Cc2ccccc2C)C(=O)[C@H]1CCNC(=O)Nc1cc(Cl)ccc1OC. The molecule has 0 radical (unpaired) electrons. The maximum atomic E-state index is 12.9. The van der Waals surface area contributed by atoms with E-state index in [4.69, 9.17) is 16.3 Å². The summed E-state index contributed by atoms with van der Waals surface area (Å²) in [5, 5.41) is 12.1. The van der Waals surface area contributed by atoms with Crippen LogP contribution in [0.3, 0.4) is 0 Å². The van der Waals surface area contributed by atoms with Crippen molar-refractivity contribution in [2.75, 3.05) is 19.0 Å². The minimum atomic E-state index is -0.391. The molecule has 1 atom stereocenters. The lowest BCUT2D eigenvalue weighted by molar-refractivity contribution is -0.132. The van der Waals surface area contributed by atoms with Gasteiger partial charge in [0.1, 0.15) is 5.75 Å². The molecule has 0 unspecified atom stereocenters. The summed E-state index contributed by atoms with van der Waals surface area (Å²) in [6.45, 7) is 4.80. The maximum absolute atomic E-state index is 12.9. The van der Waals surface area contributed by atoms with Gasteiger partial charge in [-0.1, -0.05) is 42.8 Å². The average Bonchev–Trinajstić information content (AvgIpc) is 3.05. The number of rotatable bonds is 8. The lowest BCUT2D eigenvalue weighted by Gasteiger charge is -2.16. The summed E-state index contributed by atoms with van der Waals surface area (Å²) in [7, 11) is 1.52. The second-order valence-electron chi connectivity index (χ2n) is 7.33. The predicted octanol–water partition coefficient (Wildman–Crippen LogP) is 4.59. The number of urea groups is 1. The molecule has 2 N–H and O–H groups in total. The number of hydrogen-bond acceptors (Lipinski definition) is 4. The van der Waals surface area contributed by atoms with E-state index in [-0.39, 0.29) is 11.8 Å². The van der Waals surface area contributed by atoms with Crippen LogP contribution in [0.1, 0.15) is 30.9 Å². The van der Waals surface area contributed by atoms with E-state index in [2.05, 4.69) is 15.7 Å². The van der Waals surface area contributed by atoms with Crippen molar-refractivity contribution in [3.63, 3.8) is 0 Å². The van der Waals surface area contributed by atoms with Gasteiger partial charge >= 0.3 is 6.03 Å². The van der Waals surface area contributed by atoms with Crippen LogP contribution in [0.5, 0.6) is 5.75 Å². The van der Waals surface area contributed by atoms with Crippen molar-refractivity contribution >= 4 is 34.9 Å². The molecule has 8 heteroatoms. The lowest BCUT2D eigenvalue weighted by Crippen LogP contribution is -2.34. The quantitative estimate of drug-likeness (QED) is 0.627. The van der Waals surface area contributed by atoms with E-state index >= 15 is 0 Å². The topological polar surface area (TPSA) is 83.0 Å². The van der Waals surface area contributed by atoms with Gasteiger partial charge in [0.15, 0.2) is 0 Å². The van der Waals surface area contributed by atoms with Crippen LogP contribution in [0.15, 0.2) is 47.6 Å². The van der Waals surface area contributed by atoms with E-state index < -0.39 is 6.03 Å². The smallest absolute Gasteiger partial charge is 0.319 e. The third kappa shape index (κ3) is 5.55. The normalized spacial score (nSPS) is 15.6. The summed E-state index contributed by atoms with van der Waals surface area (Å²) in [5.74, 6) is 0.159. The molecule has 0 spiro atoms. The van der Waals surface area contributed by atoms with Crippen molar-refractivity contribution in [1.82, 2.24) is 10.3 Å². The van der Waals surface area contributed by atoms with Crippen LogP contribution in [0.2, 0.25) is 5.02 Å². The monoisotopic (exact) mass is 442 g/mol. The minimum absolute atomic E-state index is 0.0289. The number of halogens is 1. The number of hydrazone groups is 1. The molecule has 0 saturated carbocycles. The van der Waals surface area contributed by atoms with E-state index in [1.54, 1.807) is 23.2 Å². The molecule has 3 rings (SSSR count). The number of anilines is 1. The van der Waals surface area contributed by atoms with Gasteiger partial charge in [0.05, 0.1) is 31.0 Å². The van der Waals surface area contributed by atoms with Gasteiger partial charge in [-0.3, -0.25) is 4.79 Å². The first-order valence-corrected chi connectivity index (χ1v) is 10.6. The Morgan fingerprint density at radius 2 is 2.03 bits per heavy atom. The van der Waals surface area contributed by atoms with Gasteiger partial charge in [0.25, 0.3) is 5.91 Å². The minimum Gasteiger partial charge on any atom is -0.495 e. The Bertz CT molecular complexity index is 993. The Balaban J connectivity index is 1.56. The van der Waals surface area contributed by atoms with Gasteiger partial charge in [-0.05, 0) is 49.1 Å². The highest BCUT2D eigenvalue weighted by Crippen LogP contribution is 2.27. The Kier molecular flexibility index (Phi) is 7.52. The maximum Gasteiger partial charge on any atom is 0.319 e. The number of carbonyl (C=O) groups excluding carboxylic acids is 2. The van der Waals surface area contributed by atoms with Crippen LogP contribution < -0.4 is 15.4 Å². The number of amides is 3. The number of methoxy groups -OCH3 is 1. The number of benzene rings is 2. The van der Waals surface area contributed by atoms with Crippen molar-refractivity contribution < 1.29 is 14.3 Å². The van der Waals surface area contributed by atoms with Crippen LogP contribution in [0.25, 0.3) is 0 Å². The molecule has 0 fully saturated rings. The molecule has 7 nitrogen and oxygen atoms in total. The zero-order valence-corrected chi connectivity index (χ0v) is 18.7. The molecule has 31 heavy (non-hydrogen) atoms. The van der Waals surface area contributed by atoms with Crippen molar-refractivity contribution in [3.05, 3.63) is 58.6 Å². The third-order valence-corrected chi connectivity index (χ3v) is 5.51. The highest BCUT2D eigenvalue weighted by Gasteiger charge is 2.34. The highest BCUT2D eigenvalue weighted by molar-refractivity contribution is 6.31. The molecule has 164 valence electrons. The van der Waals surface area contributed by atoms with Crippen LogP contribution in [0, 0.1) is 12.8 Å². The van der Waals surface area contributed by atoms with Crippen LogP contribution >= 0.6 is 11.6 Å². The predicted molar refractivity (Wildman–Crippen MR) is 123 cm³/mol. The molecule has 2 aromatic carbocycles. The number of aryl methyl sites for hydroxylation is 1. The molecule has 1 aliphatic heterocycles. The Hall–Kier alpha value is -3.06. The van der Waals surface area contributed by atoms with Gasteiger partial charge in [-0.2, -0.15) is 5.10 Å². The molecule has 0 aromatic heterocycles. The highest BCUT2D eigenvalue weighted by atomic mass is 35.5. The molecular formula is C23H27ClN4O3. The van der Waals surface area contributed by atoms with Crippen molar-refractivity contribution in [3.8, 4) is 5.75 Å². The number of ether oxygens (including phenoxy) is 1. The molecule has 2 aromatic rings. The Morgan fingerprint density at radius 1 is 1.26 bits per heavy atom. The van der Waals surface area contributed by atoms with E-state index in [1.807, 2.05) is 38.1 Å². The molecule has 1 heterocycles. The average molecular weight is 443 g/mol. The molecular weight excluding hydrogens is 416 g/mol. The zero-order chi connectivity index (χ0) is 22.4. The van der Waals surface area contributed by atoms with Gasteiger partial charge in [-0.15, -0.1) is 0 Å². The van der Waals surface area contributed by atoms with Gasteiger partial charge in [0.2, 0.25) is 0 Å². The number of carbonyl (C=O) groups is 2. The van der Waals surface area contributed by atoms with Crippen molar-refractivity contribution in [2.24, 2.45) is 11.0 Å². The van der Waals surface area contributed by atoms with E-state index in [9.17, 15) is 9.59 Å². The summed E-state index contributed by atoms with van der Waals surface area (Å²) in [6.07, 6.45) is 1.17. The standard InChI is InChI=1S/C23H27ClN4O3/c1-4-19-18(22(29)28(27-19)14-16-8-6-5-7-15(16)2)11-12-25-23(30)26-20-13-17(24)9-10-21(20)31-3/h5-10,13,18H,4,11-12,14H2,1-3H3,(H2,25,26,30)/t18-/m0/s1. The van der Waals surface area contributed by atoms with Crippen molar-refractivity contribution in [1.29, 1.82) is 0 Å². The first kappa shape index (κ1) is 22.6. The molecule has 1 aliphatic rings. The van der Waals surface area contributed by atoms with Crippen LogP contribution in [0.4, 0.5) is 10.5 Å². The van der Waals surface area contributed by atoms with Gasteiger partial charge in [-0.25, -0.2) is 9.80 Å².